The predicted molar refractivity (Wildman–Crippen MR) is 106 cm³/mol. The molecule has 126 valence electrons. The van der Waals surface area contributed by atoms with Crippen LogP contribution < -0.4 is 15.5 Å². The van der Waals surface area contributed by atoms with Crippen LogP contribution in [0.1, 0.15) is 12.0 Å². The van der Waals surface area contributed by atoms with E-state index in [0.29, 0.717) is 0 Å². The standard InChI is InChI=1S/C21H22N4/c1-14-19(24(2)3)12-11-18-21(14)25(16-7-5-4-6-8-16)20-13-15(22)9-10-17(20)23-18/h4-9,11-13H,10,22H2,1-3H3. The Morgan fingerprint density at radius 2 is 1.84 bits per heavy atom. The predicted octanol–water partition coefficient (Wildman–Crippen LogP) is 4.42. The molecule has 0 saturated carbocycles. The van der Waals surface area contributed by atoms with Gasteiger partial charge in [-0.1, -0.05) is 24.3 Å². The van der Waals surface area contributed by atoms with Gasteiger partial charge in [-0.15, -0.1) is 0 Å². The summed E-state index contributed by atoms with van der Waals surface area (Å²) in [5, 5.41) is 0. The van der Waals surface area contributed by atoms with E-state index in [1.165, 1.54) is 11.3 Å². The van der Waals surface area contributed by atoms with Gasteiger partial charge in [0.05, 0.1) is 22.8 Å². The summed E-state index contributed by atoms with van der Waals surface area (Å²) < 4.78 is 0. The average Bonchev–Trinajstić information content (AvgIpc) is 2.61. The molecule has 4 nitrogen and oxygen atoms in total. The van der Waals surface area contributed by atoms with E-state index in [2.05, 4.69) is 67.2 Å². The zero-order valence-corrected chi connectivity index (χ0v) is 14.8. The Bertz CT molecular complexity index is 920. The second kappa shape index (κ2) is 5.81. The highest BCUT2D eigenvalue weighted by atomic mass is 15.2. The molecule has 0 bridgehead atoms. The molecule has 0 unspecified atom stereocenters. The molecule has 1 heterocycles. The van der Waals surface area contributed by atoms with Crippen LogP contribution >= 0.6 is 0 Å². The van der Waals surface area contributed by atoms with Crippen molar-refractivity contribution in [3.8, 4) is 0 Å². The largest absolute Gasteiger partial charge is 0.399 e. The number of hydrogen-bond donors (Lipinski definition) is 1. The van der Waals surface area contributed by atoms with Crippen LogP contribution in [0.5, 0.6) is 0 Å². The summed E-state index contributed by atoms with van der Waals surface area (Å²) in [6.45, 7) is 2.16. The van der Waals surface area contributed by atoms with Gasteiger partial charge < -0.3 is 15.5 Å². The molecule has 2 aromatic carbocycles. The fourth-order valence-corrected chi connectivity index (χ4v) is 3.56. The Balaban J connectivity index is 2.01. The minimum Gasteiger partial charge on any atom is -0.399 e. The molecule has 0 saturated heterocycles. The van der Waals surface area contributed by atoms with Gasteiger partial charge in [-0.05, 0) is 42.8 Å². The fourth-order valence-electron chi connectivity index (χ4n) is 3.56. The molecule has 0 fully saturated rings. The Morgan fingerprint density at radius 3 is 2.56 bits per heavy atom. The van der Waals surface area contributed by atoms with Gasteiger partial charge in [-0.2, -0.15) is 0 Å². The Kier molecular flexibility index (Phi) is 3.61. The van der Waals surface area contributed by atoms with Crippen molar-refractivity contribution in [1.29, 1.82) is 0 Å². The Labute approximate surface area is 148 Å². The maximum absolute atomic E-state index is 6.11. The van der Waals surface area contributed by atoms with Gasteiger partial charge in [0.2, 0.25) is 0 Å². The average molecular weight is 330 g/mol. The van der Waals surface area contributed by atoms with E-state index < -0.39 is 0 Å². The summed E-state index contributed by atoms with van der Waals surface area (Å²) in [6.07, 6.45) is 4.81. The lowest BCUT2D eigenvalue weighted by molar-refractivity contribution is 1.08. The quantitative estimate of drug-likeness (QED) is 0.887. The van der Waals surface area contributed by atoms with Gasteiger partial charge in [0.25, 0.3) is 0 Å². The van der Waals surface area contributed by atoms with Crippen molar-refractivity contribution >= 4 is 28.5 Å². The van der Waals surface area contributed by atoms with Crippen LogP contribution in [0.4, 0.5) is 22.7 Å². The van der Waals surface area contributed by atoms with E-state index in [1.807, 2.05) is 18.2 Å². The smallest absolute Gasteiger partial charge is 0.0878 e. The van der Waals surface area contributed by atoms with E-state index in [1.54, 1.807) is 0 Å². The van der Waals surface area contributed by atoms with Crippen LogP contribution in [-0.2, 0) is 0 Å². The van der Waals surface area contributed by atoms with Crippen LogP contribution in [0.15, 0.2) is 71.0 Å². The minimum atomic E-state index is 0.759. The number of nitrogens with zero attached hydrogens (tertiary/aromatic N) is 3. The number of benzene rings is 2. The van der Waals surface area contributed by atoms with E-state index in [9.17, 15) is 0 Å². The molecular formula is C21H22N4. The van der Waals surface area contributed by atoms with Crippen molar-refractivity contribution < 1.29 is 0 Å². The number of fused-ring (bicyclic) bond motifs is 2. The third kappa shape index (κ3) is 2.50. The Morgan fingerprint density at radius 1 is 1.08 bits per heavy atom. The van der Waals surface area contributed by atoms with Crippen LogP contribution in [0.3, 0.4) is 0 Å². The van der Waals surface area contributed by atoms with Gasteiger partial charge in [0.1, 0.15) is 0 Å². The molecule has 0 amide bonds. The highest BCUT2D eigenvalue weighted by Gasteiger charge is 2.29. The molecule has 1 aliphatic carbocycles. The fraction of sp³-hybridized carbons (Fsp3) is 0.190. The molecule has 2 aromatic rings. The van der Waals surface area contributed by atoms with Gasteiger partial charge in [0, 0.05) is 37.6 Å². The van der Waals surface area contributed by atoms with Crippen molar-refractivity contribution in [2.75, 3.05) is 23.9 Å². The van der Waals surface area contributed by atoms with Crippen LogP contribution in [0.25, 0.3) is 0 Å². The first-order valence-corrected chi connectivity index (χ1v) is 8.47. The molecule has 0 radical (unpaired) electrons. The second-order valence-electron chi connectivity index (χ2n) is 6.64. The summed E-state index contributed by atoms with van der Waals surface area (Å²) in [6, 6.07) is 14.7. The summed E-state index contributed by atoms with van der Waals surface area (Å²) in [5.41, 5.74) is 14.7. The molecule has 1 aliphatic heterocycles. The number of hydrogen-bond acceptors (Lipinski definition) is 4. The molecular weight excluding hydrogens is 308 g/mol. The third-order valence-electron chi connectivity index (χ3n) is 4.73. The van der Waals surface area contributed by atoms with E-state index >= 15 is 0 Å². The second-order valence-corrected chi connectivity index (χ2v) is 6.64. The van der Waals surface area contributed by atoms with Crippen molar-refractivity contribution in [2.24, 2.45) is 10.7 Å². The molecule has 0 aromatic heterocycles. The van der Waals surface area contributed by atoms with Crippen LogP contribution in [-0.4, -0.2) is 19.8 Å². The van der Waals surface area contributed by atoms with Crippen LogP contribution in [0, 0.1) is 6.92 Å². The lowest BCUT2D eigenvalue weighted by Crippen LogP contribution is -2.29. The summed E-state index contributed by atoms with van der Waals surface area (Å²) in [7, 11) is 4.14. The number of para-hydroxylation sites is 1. The van der Waals surface area contributed by atoms with Gasteiger partial charge in [-0.3, -0.25) is 0 Å². The first-order valence-electron chi connectivity index (χ1n) is 8.47. The highest BCUT2D eigenvalue weighted by Crippen LogP contribution is 2.47. The lowest BCUT2D eigenvalue weighted by atomic mass is 9.98. The van der Waals surface area contributed by atoms with Gasteiger partial charge in [-0.25, -0.2) is 4.99 Å². The zero-order chi connectivity index (χ0) is 17.6. The first kappa shape index (κ1) is 15.5. The van der Waals surface area contributed by atoms with Crippen molar-refractivity contribution in [2.45, 2.75) is 13.3 Å². The first-order chi connectivity index (χ1) is 12.1. The molecule has 25 heavy (non-hydrogen) atoms. The highest BCUT2D eigenvalue weighted by molar-refractivity contribution is 6.12. The van der Waals surface area contributed by atoms with E-state index in [0.717, 1.165) is 40.6 Å². The third-order valence-corrected chi connectivity index (χ3v) is 4.73. The molecule has 0 spiro atoms. The number of nitrogens with two attached hydrogens (primary N) is 1. The number of allylic oxidation sites excluding steroid dienone is 3. The number of aliphatic imine (C=N–C) groups is 1. The lowest BCUT2D eigenvalue weighted by Gasteiger charge is -2.36. The number of anilines is 3. The molecule has 2 aliphatic rings. The maximum Gasteiger partial charge on any atom is 0.0878 e. The Hall–Kier alpha value is -3.01. The normalized spacial score (nSPS) is 15.6. The topological polar surface area (TPSA) is 44.9 Å². The van der Waals surface area contributed by atoms with Crippen LogP contribution in [0.2, 0.25) is 0 Å². The number of rotatable bonds is 2. The van der Waals surface area contributed by atoms with Crippen molar-refractivity contribution in [1.82, 2.24) is 0 Å². The monoisotopic (exact) mass is 330 g/mol. The van der Waals surface area contributed by atoms with Crippen molar-refractivity contribution in [3.05, 3.63) is 71.6 Å². The van der Waals surface area contributed by atoms with E-state index in [-0.39, 0.29) is 0 Å². The molecule has 0 atom stereocenters. The van der Waals surface area contributed by atoms with Gasteiger partial charge in [0.15, 0.2) is 0 Å². The van der Waals surface area contributed by atoms with Gasteiger partial charge >= 0.3 is 0 Å². The summed E-state index contributed by atoms with van der Waals surface area (Å²) >= 11 is 0. The molecule has 4 heteroatoms. The summed E-state index contributed by atoms with van der Waals surface area (Å²) in [5.74, 6) is 0. The SMILES string of the molecule is Cc1c(N(C)C)ccc2c1N(c1ccccc1)C1=CC(N)=CCC1=N2. The zero-order valence-electron chi connectivity index (χ0n) is 14.8. The van der Waals surface area contributed by atoms with Crippen molar-refractivity contribution in [3.63, 3.8) is 0 Å². The molecule has 2 N–H and O–H groups in total. The summed E-state index contributed by atoms with van der Waals surface area (Å²) in [4.78, 5) is 9.36. The van der Waals surface area contributed by atoms with E-state index in [4.69, 9.17) is 10.7 Å². The maximum atomic E-state index is 6.11. The minimum absolute atomic E-state index is 0.759. The molecule has 4 rings (SSSR count).